The second-order valence-corrected chi connectivity index (χ2v) is 7.08. The van der Waals surface area contributed by atoms with E-state index in [2.05, 4.69) is 39.0 Å². The summed E-state index contributed by atoms with van der Waals surface area (Å²) in [5.74, 6) is 3.85. The number of aryl methyl sites for hydroxylation is 1. The molecule has 7 heteroatoms. The van der Waals surface area contributed by atoms with E-state index in [4.69, 9.17) is 9.73 Å². The van der Waals surface area contributed by atoms with E-state index in [1.165, 1.54) is 32.1 Å². The topological polar surface area (TPSA) is 67.6 Å². The molecular formula is C18H32N6O. The number of hydrogen-bond donors (Lipinski definition) is 1. The zero-order chi connectivity index (χ0) is 17.5. The Balaban J connectivity index is 1.57. The van der Waals surface area contributed by atoms with E-state index in [-0.39, 0.29) is 0 Å². The molecule has 2 aliphatic rings. The predicted molar refractivity (Wildman–Crippen MR) is 98.6 cm³/mol. The fourth-order valence-electron chi connectivity index (χ4n) is 3.62. The molecule has 1 N–H and O–H groups in total. The van der Waals surface area contributed by atoms with Crippen molar-refractivity contribution in [1.29, 1.82) is 0 Å². The van der Waals surface area contributed by atoms with Gasteiger partial charge in [-0.25, -0.2) is 4.99 Å². The highest BCUT2D eigenvalue weighted by atomic mass is 16.5. The molecule has 3 heterocycles. The van der Waals surface area contributed by atoms with E-state index < -0.39 is 0 Å². The van der Waals surface area contributed by atoms with Crippen molar-refractivity contribution in [3.63, 3.8) is 0 Å². The van der Waals surface area contributed by atoms with Gasteiger partial charge in [-0.2, -0.15) is 0 Å². The largest absolute Gasteiger partial charge is 0.381 e. The first kappa shape index (κ1) is 18.2. The van der Waals surface area contributed by atoms with Crippen molar-refractivity contribution in [3.8, 4) is 0 Å². The van der Waals surface area contributed by atoms with Crippen LogP contribution in [0.4, 0.5) is 0 Å². The minimum absolute atomic E-state index is 0.594. The first-order valence-electron chi connectivity index (χ1n) is 9.76. The van der Waals surface area contributed by atoms with Gasteiger partial charge in [0.2, 0.25) is 0 Å². The van der Waals surface area contributed by atoms with Crippen LogP contribution in [0.25, 0.3) is 0 Å². The van der Waals surface area contributed by atoms with E-state index in [0.29, 0.717) is 6.54 Å². The van der Waals surface area contributed by atoms with E-state index in [1.807, 2.05) is 0 Å². The number of rotatable bonds is 6. The van der Waals surface area contributed by atoms with Crippen LogP contribution < -0.4 is 5.32 Å². The molecule has 2 aliphatic heterocycles. The minimum Gasteiger partial charge on any atom is -0.381 e. The Morgan fingerprint density at radius 1 is 1.32 bits per heavy atom. The van der Waals surface area contributed by atoms with Crippen LogP contribution in [0.1, 0.15) is 50.7 Å². The van der Waals surface area contributed by atoms with E-state index >= 15 is 0 Å². The Morgan fingerprint density at radius 3 is 2.96 bits per heavy atom. The third kappa shape index (κ3) is 4.93. The van der Waals surface area contributed by atoms with Crippen molar-refractivity contribution in [2.24, 2.45) is 10.9 Å². The Hall–Kier alpha value is -1.63. The standard InChI is InChI=1S/C18H32N6O/c1-3-19-18(23(2)11-7-15-8-12-25-13-9-15)20-14-17-22-21-16-6-4-5-10-24(16)17/h15H,3-14H2,1-2H3,(H,19,20). The lowest BCUT2D eigenvalue weighted by Crippen LogP contribution is -2.40. The van der Waals surface area contributed by atoms with Gasteiger partial charge < -0.3 is 19.5 Å². The molecular weight excluding hydrogens is 316 g/mol. The van der Waals surface area contributed by atoms with Crippen molar-refractivity contribution >= 4 is 5.96 Å². The van der Waals surface area contributed by atoms with Gasteiger partial charge in [-0.1, -0.05) is 0 Å². The number of fused-ring (bicyclic) bond motifs is 1. The van der Waals surface area contributed by atoms with Gasteiger partial charge >= 0.3 is 0 Å². The first-order valence-corrected chi connectivity index (χ1v) is 9.76. The van der Waals surface area contributed by atoms with Crippen LogP contribution in [-0.4, -0.2) is 59.0 Å². The highest BCUT2D eigenvalue weighted by Gasteiger charge is 2.17. The van der Waals surface area contributed by atoms with Crippen molar-refractivity contribution in [3.05, 3.63) is 11.6 Å². The average Bonchev–Trinajstić information content (AvgIpc) is 3.07. The van der Waals surface area contributed by atoms with Gasteiger partial charge in [0, 0.05) is 46.3 Å². The number of hydrogen-bond acceptors (Lipinski definition) is 4. The number of ether oxygens (including phenoxy) is 1. The van der Waals surface area contributed by atoms with Gasteiger partial charge in [-0.15, -0.1) is 10.2 Å². The second kappa shape index (κ2) is 9.17. The SMILES string of the molecule is CCNC(=NCc1nnc2n1CCCC2)N(C)CCC1CCOCC1. The number of nitrogens with zero attached hydrogens (tertiary/aromatic N) is 5. The van der Waals surface area contributed by atoms with Gasteiger partial charge in [0.05, 0.1) is 0 Å². The molecule has 1 saturated heterocycles. The molecule has 0 bridgehead atoms. The maximum atomic E-state index is 5.45. The Kier molecular flexibility index (Phi) is 6.67. The molecule has 7 nitrogen and oxygen atoms in total. The van der Waals surface area contributed by atoms with Crippen molar-refractivity contribution in [2.75, 3.05) is 33.4 Å². The van der Waals surface area contributed by atoms with Crippen LogP contribution in [0, 0.1) is 5.92 Å². The number of nitrogens with one attached hydrogen (secondary N) is 1. The maximum Gasteiger partial charge on any atom is 0.194 e. The molecule has 140 valence electrons. The van der Waals surface area contributed by atoms with Crippen LogP contribution in [-0.2, 0) is 24.2 Å². The van der Waals surface area contributed by atoms with Gasteiger partial charge in [0.1, 0.15) is 12.4 Å². The summed E-state index contributed by atoms with van der Waals surface area (Å²) >= 11 is 0. The highest BCUT2D eigenvalue weighted by molar-refractivity contribution is 5.79. The summed E-state index contributed by atoms with van der Waals surface area (Å²) in [6, 6.07) is 0. The quantitative estimate of drug-likeness (QED) is 0.627. The Bertz CT molecular complexity index is 564. The van der Waals surface area contributed by atoms with Gasteiger partial charge in [0.25, 0.3) is 0 Å². The van der Waals surface area contributed by atoms with E-state index in [1.54, 1.807) is 0 Å². The molecule has 0 unspecified atom stereocenters. The van der Waals surface area contributed by atoms with Crippen LogP contribution in [0.3, 0.4) is 0 Å². The van der Waals surface area contributed by atoms with E-state index in [9.17, 15) is 0 Å². The van der Waals surface area contributed by atoms with Gasteiger partial charge in [0.15, 0.2) is 11.8 Å². The molecule has 0 saturated carbocycles. The van der Waals surface area contributed by atoms with E-state index in [0.717, 1.165) is 62.8 Å². The van der Waals surface area contributed by atoms with Crippen LogP contribution in [0.15, 0.2) is 4.99 Å². The van der Waals surface area contributed by atoms with Crippen LogP contribution >= 0.6 is 0 Å². The lowest BCUT2D eigenvalue weighted by molar-refractivity contribution is 0.0625. The summed E-state index contributed by atoms with van der Waals surface area (Å²) < 4.78 is 7.70. The molecule has 25 heavy (non-hydrogen) atoms. The predicted octanol–water partition coefficient (Wildman–Crippen LogP) is 1.83. The van der Waals surface area contributed by atoms with Crippen LogP contribution in [0.5, 0.6) is 0 Å². The summed E-state index contributed by atoms with van der Waals surface area (Å²) in [7, 11) is 2.13. The maximum absolute atomic E-state index is 5.45. The third-order valence-corrected chi connectivity index (χ3v) is 5.22. The lowest BCUT2D eigenvalue weighted by Gasteiger charge is -2.26. The van der Waals surface area contributed by atoms with Crippen molar-refractivity contribution in [2.45, 2.75) is 58.5 Å². The number of aromatic nitrogens is 3. The summed E-state index contributed by atoms with van der Waals surface area (Å²) in [4.78, 5) is 7.05. The zero-order valence-electron chi connectivity index (χ0n) is 15.7. The molecule has 0 atom stereocenters. The van der Waals surface area contributed by atoms with Gasteiger partial charge in [-0.3, -0.25) is 0 Å². The monoisotopic (exact) mass is 348 g/mol. The number of guanidine groups is 1. The molecule has 0 radical (unpaired) electrons. The smallest absolute Gasteiger partial charge is 0.194 e. The molecule has 3 rings (SSSR count). The summed E-state index contributed by atoms with van der Waals surface area (Å²) in [5, 5.41) is 12.1. The molecule has 0 aliphatic carbocycles. The Morgan fingerprint density at radius 2 is 2.16 bits per heavy atom. The normalized spacial score (nSPS) is 18.9. The second-order valence-electron chi connectivity index (χ2n) is 7.08. The summed E-state index contributed by atoms with van der Waals surface area (Å²) in [6.45, 7) is 7.47. The first-order chi connectivity index (χ1) is 12.3. The minimum atomic E-state index is 0.594. The average molecular weight is 348 g/mol. The Labute approximate surface area is 150 Å². The van der Waals surface area contributed by atoms with Crippen LogP contribution in [0.2, 0.25) is 0 Å². The molecule has 1 aromatic heterocycles. The molecule has 0 spiro atoms. The van der Waals surface area contributed by atoms with Crippen molar-refractivity contribution in [1.82, 2.24) is 25.0 Å². The fraction of sp³-hybridized carbons (Fsp3) is 0.833. The fourth-order valence-corrected chi connectivity index (χ4v) is 3.62. The third-order valence-electron chi connectivity index (χ3n) is 5.22. The van der Waals surface area contributed by atoms with Crippen molar-refractivity contribution < 1.29 is 4.74 Å². The zero-order valence-corrected chi connectivity index (χ0v) is 15.7. The molecule has 1 fully saturated rings. The lowest BCUT2D eigenvalue weighted by atomic mass is 9.96. The molecule has 0 aromatic carbocycles. The molecule has 0 amide bonds. The summed E-state index contributed by atoms with van der Waals surface area (Å²) in [6.07, 6.45) is 7.05. The number of aliphatic imine (C=N–C) groups is 1. The van der Waals surface area contributed by atoms with Gasteiger partial charge in [-0.05, 0) is 44.9 Å². The summed E-state index contributed by atoms with van der Waals surface area (Å²) in [5.41, 5.74) is 0. The highest BCUT2D eigenvalue weighted by Crippen LogP contribution is 2.18. The molecule has 1 aromatic rings.